The van der Waals surface area contributed by atoms with Crippen LogP contribution in [0, 0.1) is 11.8 Å². The Morgan fingerprint density at radius 3 is 2.68 bits per heavy atom. The Hall–Kier alpha value is -1.76. The Balaban J connectivity index is 1.52. The molecule has 1 aromatic rings. The third-order valence-electron chi connectivity index (χ3n) is 5.76. The maximum atomic E-state index is 12.7. The molecule has 0 saturated heterocycles. The van der Waals surface area contributed by atoms with E-state index in [0.29, 0.717) is 23.8 Å². The van der Waals surface area contributed by atoms with Crippen LogP contribution < -0.4 is 14.4 Å². The summed E-state index contributed by atoms with van der Waals surface area (Å²) in [6.07, 6.45) is 5.64. The standard InChI is InChI=1S/C18H24N2O4S/c1-25(22,23)20-9-8-17(24-16-5-3-2-4-15(16)20)18(21)19-14-11-12-6-7-13(14)10-12/h2-5,12-14,17H,6-11H2,1H3,(H,19,21)/t12-,13-,14+,17+/m0/s1. The smallest absolute Gasteiger partial charge is 0.261 e. The minimum absolute atomic E-state index is 0.122. The van der Waals surface area contributed by atoms with Crippen LogP contribution in [0.4, 0.5) is 5.69 Å². The molecule has 2 fully saturated rings. The van der Waals surface area contributed by atoms with Gasteiger partial charge in [-0.1, -0.05) is 18.6 Å². The van der Waals surface area contributed by atoms with Gasteiger partial charge in [0, 0.05) is 19.0 Å². The first kappa shape index (κ1) is 16.7. The van der Waals surface area contributed by atoms with Crippen molar-refractivity contribution >= 4 is 21.6 Å². The van der Waals surface area contributed by atoms with Crippen LogP contribution in [0.3, 0.4) is 0 Å². The molecule has 1 N–H and O–H groups in total. The van der Waals surface area contributed by atoms with E-state index in [0.717, 1.165) is 12.3 Å². The highest BCUT2D eigenvalue weighted by Gasteiger charge is 2.41. The van der Waals surface area contributed by atoms with Crippen LogP contribution in [-0.4, -0.2) is 39.3 Å². The summed E-state index contributed by atoms with van der Waals surface area (Å²) in [5, 5.41) is 3.16. The first-order chi connectivity index (χ1) is 11.9. The van der Waals surface area contributed by atoms with Gasteiger partial charge < -0.3 is 10.1 Å². The number of fused-ring (bicyclic) bond motifs is 3. The van der Waals surface area contributed by atoms with Crippen molar-refractivity contribution < 1.29 is 17.9 Å². The summed E-state index contributed by atoms with van der Waals surface area (Å²) >= 11 is 0. The van der Waals surface area contributed by atoms with Crippen molar-refractivity contribution in [2.24, 2.45) is 11.8 Å². The van der Waals surface area contributed by atoms with Crippen molar-refractivity contribution in [3.63, 3.8) is 0 Å². The van der Waals surface area contributed by atoms with Gasteiger partial charge in [-0.25, -0.2) is 8.42 Å². The van der Waals surface area contributed by atoms with Gasteiger partial charge in [0.1, 0.15) is 5.75 Å². The lowest BCUT2D eigenvalue weighted by atomic mass is 9.95. The van der Waals surface area contributed by atoms with Crippen LogP contribution in [0.1, 0.15) is 32.1 Å². The van der Waals surface area contributed by atoms with Crippen molar-refractivity contribution in [2.45, 2.75) is 44.2 Å². The van der Waals surface area contributed by atoms with Crippen LogP contribution in [0.15, 0.2) is 24.3 Å². The topological polar surface area (TPSA) is 75.7 Å². The second kappa shape index (κ2) is 6.20. The summed E-state index contributed by atoms with van der Waals surface area (Å²) in [7, 11) is -3.42. The highest BCUT2D eigenvalue weighted by Crippen LogP contribution is 2.44. The zero-order valence-electron chi connectivity index (χ0n) is 14.3. The number of benzene rings is 1. The van der Waals surface area contributed by atoms with Gasteiger partial charge in [-0.05, 0) is 43.2 Å². The molecule has 7 heteroatoms. The van der Waals surface area contributed by atoms with E-state index < -0.39 is 16.1 Å². The first-order valence-electron chi connectivity index (χ1n) is 8.95. The zero-order valence-corrected chi connectivity index (χ0v) is 15.2. The number of ether oxygens (including phenoxy) is 1. The number of sulfonamides is 1. The van der Waals surface area contributed by atoms with Crippen LogP contribution in [0.2, 0.25) is 0 Å². The van der Waals surface area contributed by atoms with Crippen molar-refractivity contribution in [3.05, 3.63) is 24.3 Å². The van der Waals surface area contributed by atoms with Crippen LogP contribution in [-0.2, 0) is 14.8 Å². The number of hydrogen-bond acceptors (Lipinski definition) is 4. The normalized spacial score (nSPS) is 31.2. The average Bonchev–Trinajstić information content (AvgIpc) is 3.10. The van der Waals surface area contributed by atoms with Crippen molar-refractivity contribution in [3.8, 4) is 5.75 Å². The fourth-order valence-electron chi connectivity index (χ4n) is 4.56. The quantitative estimate of drug-likeness (QED) is 0.889. The Bertz CT molecular complexity index is 779. The SMILES string of the molecule is CS(=O)(=O)N1CC[C@H](C(=O)N[C@@H]2C[C@H]3CC[C@H]2C3)Oc2ccccc21. The fourth-order valence-corrected chi connectivity index (χ4v) is 5.50. The number of amides is 1. The van der Waals surface area contributed by atoms with E-state index in [1.807, 2.05) is 0 Å². The van der Waals surface area contributed by atoms with Gasteiger partial charge in [-0.2, -0.15) is 0 Å². The molecule has 0 spiro atoms. The Labute approximate surface area is 148 Å². The maximum Gasteiger partial charge on any atom is 0.261 e. The highest BCUT2D eigenvalue weighted by molar-refractivity contribution is 7.92. The van der Waals surface area contributed by atoms with Crippen molar-refractivity contribution in [1.29, 1.82) is 0 Å². The monoisotopic (exact) mass is 364 g/mol. The predicted octanol–water partition coefficient (Wildman–Crippen LogP) is 1.91. The molecule has 25 heavy (non-hydrogen) atoms. The summed E-state index contributed by atoms with van der Waals surface area (Å²) in [6, 6.07) is 7.24. The van der Waals surface area contributed by atoms with Gasteiger partial charge in [0.2, 0.25) is 10.0 Å². The van der Waals surface area contributed by atoms with E-state index in [1.165, 1.54) is 29.8 Å². The fraction of sp³-hybridized carbons (Fsp3) is 0.611. The minimum atomic E-state index is -3.42. The van der Waals surface area contributed by atoms with Gasteiger partial charge in [-0.15, -0.1) is 0 Å². The summed E-state index contributed by atoms with van der Waals surface area (Å²) in [5.41, 5.74) is 0.500. The van der Waals surface area contributed by atoms with Crippen molar-refractivity contribution in [2.75, 3.05) is 17.1 Å². The number of carbonyl (C=O) groups excluding carboxylic acids is 1. The molecule has 0 aromatic heterocycles. The van der Waals surface area contributed by atoms with E-state index in [1.54, 1.807) is 24.3 Å². The lowest BCUT2D eigenvalue weighted by molar-refractivity contribution is -0.129. The number of anilines is 1. The molecule has 6 nitrogen and oxygen atoms in total. The van der Waals surface area contributed by atoms with Gasteiger partial charge in [0.25, 0.3) is 5.91 Å². The molecular weight excluding hydrogens is 340 g/mol. The van der Waals surface area contributed by atoms with E-state index in [2.05, 4.69) is 5.32 Å². The zero-order chi connectivity index (χ0) is 17.6. The molecular formula is C18H24N2O4S. The number of para-hydroxylation sites is 2. The average molecular weight is 364 g/mol. The predicted molar refractivity (Wildman–Crippen MR) is 95.0 cm³/mol. The molecule has 4 atom stereocenters. The van der Waals surface area contributed by atoms with E-state index in [-0.39, 0.29) is 18.5 Å². The van der Waals surface area contributed by atoms with E-state index >= 15 is 0 Å². The molecule has 0 radical (unpaired) electrons. The van der Waals surface area contributed by atoms with E-state index in [4.69, 9.17) is 4.74 Å². The summed E-state index contributed by atoms with van der Waals surface area (Å²) < 4.78 is 31.5. The van der Waals surface area contributed by atoms with Crippen LogP contribution in [0.5, 0.6) is 5.75 Å². The summed E-state index contributed by atoms with van der Waals surface area (Å²) in [5.74, 6) is 1.67. The van der Waals surface area contributed by atoms with Gasteiger partial charge in [0.05, 0.1) is 11.9 Å². The third-order valence-corrected chi connectivity index (χ3v) is 6.94. The number of hydrogen-bond donors (Lipinski definition) is 1. The van der Waals surface area contributed by atoms with Crippen molar-refractivity contribution in [1.82, 2.24) is 5.32 Å². The number of carbonyl (C=O) groups is 1. The number of rotatable bonds is 3. The molecule has 0 unspecified atom stereocenters. The molecule has 1 heterocycles. The minimum Gasteiger partial charge on any atom is -0.478 e. The van der Waals surface area contributed by atoms with Gasteiger partial charge >= 0.3 is 0 Å². The molecule has 1 aliphatic heterocycles. The maximum absolute atomic E-state index is 12.7. The molecule has 2 aliphatic carbocycles. The number of nitrogens with one attached hydrogen (secondary N) is 1. The lowest BCUT2D eigenvalue weighted by Gasteiger charge is -2.25. The lowest BCUT2D eigenvalue weighted by Crippen LogP contribution is -2.46. The summed E-state index contributed by atoms with van der Waals surface area (Å²) in [4.78, 5) is 12.7. The molecule has 4 rings (SSSR count). The largest absolute Gasteiger partial charge is 0.478 e. The van der Waals surface area contributed by atoms with Gasteiger partial charge in [0.15, 0.2) is 6.10 Å². The molecule has 1 amide bonds. The molecule has 2 saturated carbocycles. The summed E-state index contributed by atoms with van der Waals surface area (Å²) in [6.45, 7) is 0.241. The molecule has 2 bridgehead atoms. The molecule has 136 valence electrons. The molecule has 1 aromatic carbocycles. The second-order valence-corrected chi connectivity index (χ2v) is 9.39. The Morgan fingerprint density at radius 1 is 1.20 bits per heavy atom. The Morgan fingerprint density at radius 2 is 2.00 bits per heavy atom. The second-order valence-electron chi connectivity index (χ2n) is 7.49. The van der Waals surface area contributed by atoms with E-state index in [9.17, 15) is 13.2 Å². The first-order valence-corrected chi connectivity index (χ1v) is 10.8. The highest BCUT2D eigenvalue weighted by atomic mass is 32.2. The number of nitrogens with zero attached hydrogens (tertiary/aromatic N) is 1. The third kappa shape index (κ3) is 3.21. The Kier molecular flexibility index (Phi) is 4.14. The van der Waals surface area contributed by atoms with Crippen LogP contribution in [0.25, 0.3) is 0 Å². The van der Waals surface area contributed by atoms with Gasteiger partial charge in [-0.3, -0.25) is 9.10 Å². The molecule has 3 aliphatic rings. The van der Waals surface area contributed by atoms with Crippen LogP contribution >= 0.6 is 0 Å².